The Morgan fingerprint density at radius 2 is 2.21 bits per heavy atom. The summed E-state index contributed by atoms with van der Waals surface area (Å²) in [6, 6.07) is 5.35. The molecule has 0 fully saturated rings. The van der Waals surface area contributed by atoms with Gasteiger partial charge in [-0.25, -0.2) is 4.39 Å². The Morgan fingerprint density at radius 1 is 1.43 bits per heavy atom. The van der Waals surface area contributed by atoms with Crippen LogP contribution in [0, 0.1) is 0 Å². The highest BCUT2D eigenvalue weighted by molar-refractivity contribution is 5.97. The second-order valence-electron chi connectivity index (χ2n) is 3.15. The van der Waals surface area contributed by atoms with Gasteiger partial charge in [-0.1, -0.05) is 12.1 Å². The lowest BCUT2D eigenvalue weighted by Gasteiger charge is -2.00. The minimum Gasteiger partial charge on any atom is -0.494 e. The quantitative estimate of drug-likeness (QED) is 0.717. The van der Waals surface area contributed by atoms with Gasteiger partial charge in [-0.05, 0) is 6.07 Å². The van der Waals surface area contributed by atoms with E-state index in [0.717, 1.165) is 5.39 Å². The van der Waals surface area contributed by atoms with Crippen LogP contribution >= 0.6 is 0 Å². The third-order valence-corrected chi connectivity index (χ3v) is 2.24. The van der Waals surface area contributed by atoms with Crippen LogP contribution in [0.4, 0.5) is 10.1 Å². The number of fused-ring (bicyclic) bond motifs is 1. The molecule has 0 unspecified atom stereocenters. The number of hydrogen-bond acceptors (Lipinski definition) is 2. The van der Waals surface area contributed by atoms with Crippen LogP contribution in [0.2, 0.25) is 0 Å². The molecule has 0 spiro atoms. The Bertz CT molecular complexity index is 464. The molecule has 1 aromatic heterocycles. The number of rotatable bonds is 2. The molecular formula is C10H11FN2O. The summed E-state index contributed by atoms with van der Waals surface area (Å²) in [7, 11) is 0. The van der Waals surface area contributed by atoms with E-state index >= 15 is 0 Å². The molecule has 2 rings (SSSR count). The van der Waals surface area contributed by atoms with E-state index in [-0.39, 0.29) is 12.4 Å². The largest absolute Gasteiger partial charge is 0.494 e. The van der Waals surface area contributed by atoms with E-state index in [4.69, 9.17) is 5.73 Å². The fourth-order valence-electron chi connectivity index (χ4n) is 1.59. The first kappa shape index (κ1) is 8.87. The van der Waals surface area contributed by atoms with Gasteiger partial charge in [0.25, 0.3) is 0 Å². The monoisotopic (exact) mass is 194 g/mol. The molecule has 0 amide bonds. The first-order valence-electron chi connectivity index (χ1n) is 4.36. The summed E-state index contributed by atoms with van der Waals surface area (Å²) >= 11 is 0. The molecule has 0 radical (unpaired) electrons. The number of aromatic hydroxyl groups is 1. The Kier molecular flexibility index (Phi) is 2.04. The molecule has 0 aliphatic carbocycles. The molecule has 4 heteroatoms. The van der Waals surface area contributed by atoms with E-state index in [1.54, 1.807) is 18.3 Å². The van der Waals surface area contributed by atoms with Gasteiger partial charge in [0.2, 0.25) is 5.88 Å². The summed E-state index contributed by atoms with van der Waals surface area (Å²) in [4.78, 5) is 0. The summed E-state index contributed by atoms with van der Waals surface area (Å²) in [5.74, 6) is 0.0377. The third kappa shape index (κ3) is 1.19. The highest BCUT2D eigenvalue weighted by Gasteiger charge is 2.09. The average Bonchev–Trinajstić information content (AvgIpc) is 2.46. The number of alkyl halides is 1. The van der Waals surface area contributed by atoms with E-state index in [0.29, 0.717) is 11.1 Å². The summed E-state index contributed by atoms with van der Waals surface area (Å²) in [6.07, 6.45) is 1.70. The predicted octanol–water partition coefficient (Wildman–Crippen LogP) is 1.90. The number of hydrogen-bond donors (Lipinski definition) is 2. The Morgan fingerprint density at radius 3 is 2.86 bits per heavy atom. The van der Waals surface area contributed by atoms with Crippen LogP contribution in [0.1, 0.15) is 0 Å². The van der Waals surface area contributed by atoms with Gasteiger partial charge in [0.15, 0.2) is 0 Å². The standard InChI is InChI=1S/C10H11FN2O/c11-4-5-13-6-7-2-1-3-8(12)9(7)10(13)14/h1-3,6,14H,4-5,12H2. The fourth-order valence-corrected chi connectivity index (χ4v) is 1.59. The number of nitrogens with zero attached hydrogens (tertiary/aromatic N) is 1. The van der Waals surface area contributed by atoms with E-state index in [9.17, 15) is 9.50 Å². The normalized spacial score (nSPS) is 10.9. The number of nitrogens with two attached hydrogens (primary N) is 1. The van der Waals surface area contributed by atoms with Crippen molar-refractivity contribution in [1.82, 2.24) is 4.57 Å². The Hall–Kier alpha value is -1.71. The third-order valence-electron chi connectivity index (χ3n) is 2.24. The summed E-state index contributed by atoms with van der Waals surface area (Å²) < 4.78 is 13.6. The molecule has 14 heavy (non-hydrogen) atoms. The first-order chi connectivity index (χ1) is 6.74. The van der Waals surface area contributed by atoms with Crippen molar-refractivity contribution >= 4 is 16.5 Å². The van der Waals surface area contributed by atoms with E-state index in [1.807, 2.05) is 6.07 Å². The molecular weight excluding hydrogens is 183 g/mol. The van der Waals surface area contributed by atoms with Gasteiger partial charge >= 0.3 is 0 Å². The first-order valence-corrected chi connectivity index (χ1v) is 4.36. The van der Waals surface area contributed by atoms with Gasteiger partial charge in [0, 0.05) is 17.3 Å². The van der Waals surface area contributed by atoms with Crippen LogP contribution in [0.25, 0.3) is 10.8 Å². The van der Waals surface area contributed by atoms with E-state index in [1.165, 1.54) is 4.57 Å². The average molecular weight is 194 g/mol. The van der Waals surface area contributed by atoms with E-state index in [2.05, 4.69) is 0 Å². The number of aryl methyl sites for hydroxylation is 1. The molecule has 0 aliphatic heterocycles. The number of anilines is 1. The van der Waals surface area contributed by atoms with Crippen molar-refractivity contribution in [3.63, 3.8) is 0 Å². The van der Waals surface area contributed by atoms with Crippen LogP contribution in [0.15, 0.2) is 24.4 Å². The summed E-state index contributed by atoms with van der Waals surface area (Å²) in [5, 5.41) is 11.1. The number of benzene rings is 1. The zero-order valence-electron chi connectivity index (χ0n) is 7.57. The number of nitrogen functional groups attached to an aromatic ring is 1. The SMILES string of the molecule is Nc1cccc2cn(CCF)c(O)c12. The molecule has 1 heterocycles. The molecule has 2 aromatic rings. The van der Waals surface area contributed by atoms with Crippen LogP contribution in [0.3, 0.4) is 0 Å². The van der Waals surface area contributed by atoms with Crippen LogP contribution in [-0.4, -0.2) is 16.3 Å². The highest BCUT2D eigenvalue weighted by Crippen LogP contribution is 2.31. The van der Waals surface area contributed by atoms with Crippen molar-refractivity contribution < 1.29 is 9.50 Å². The topological polar surface area (TPSA) is 51.2 Å². The maximum Gasteiger partial charge on any atom is 0.201 e. The molecule has 0 saturated carbocycles. The number of aromatic nitrogens is 1. The van der Waals surface area contributed by atoms with Crippen molar-refractivity contribution in [3.8, 4) is 5.88 Å². The molecule has 3 nitrogen and oxygen atoms in total. The molecule has 74 valence electrons. The lowest BCUT2D eigenvalue weighted by molar-refractivity contribution is 0.387. The van der Waals surface area contributed by atoms with Gasteiger partial charge in [-0.3, -0.25) is 0 Å². The summed E-state index contributed by atoms with van der Waals surface area (Å²) in [5.41, 5.74) is 6.21. The van der Waals surface area contributed by atoms with Crippen molar-refractivity contribution in [2.24, 2.45) is 0 Å². The molecule has 1 aromatic carbocycles. The maximum atomic E-state index is 12.1. The molecule has 3 N–H and O–H groups in total. The van der Waals surface area contributed by atoms with Crippen molar-refractivity contribution in [2.45, 2.75) is 6.54 Å². The highest BCUT2D eigenvalue weighted by atomic mass is 19.1. The van der Waals surface area contributed by atoms with Gasteiger partial charge in [0.05, 0.1) is 11.9 Å². The van der Waals surface area contributed by atoms with Crippen molar-refractivity contribution in [2.75, 3.05) is 12.4 Å². The zero-order valence-corrected chi connectivity index (χ0v) is 7.57. The molecule has 0 aliphatic rings. The molecule has 0 bridgehead atoms. The van der Waals surface area contributed by atoms with Gasteiger partial charge in [-0.15, -0.1) is 0 Å². The Labute approximate surface area is 80.6 Å². The maximum absolute atomic E-state index is 12.1. The van der Waals surface area contributed by atoms with Crippen molar-refractivity contribution in [1.29, 1.82) is 0 Å². The second-order valence-corrected chi connectivity index (χ2v) is 3.15. The van der Waals surface area contributed by atoms with Gasteiger partial charge < -0.3 is 15.4 Å². The molecule has 0 atom stereocenters. The zero-order chi connectivity index (χ0) is 10.1. The van der Waals surface area contributed by atoms with Crippen LogP contribution in [0.5, 0.6) is 5.88 Å². The lowest BCUT2D eigenvalue weighted by atomic mass is 10.2. The van der Waals surface area contributed by atoms with Gasteiger partial charge in [-0.2, -0.15) is 0 Å². The minimum absolute atomic E-state index is 0.0377. The van der Waals surface area contributed by atoms with Crippen LogP contribution < -0.4 is 5.73 Å². The molecule has 0 saturated heterocycles. The smallest absolute Gasteiger partial charge is 0.201 e. The van der Waals surface area contributed by atoms with Gasteiger partial charge in [0.1, 0.15) is 6.67 Å². The van der Waals surface area contributed by atoms with Crippen LogP contribution in [-0.2, 0) is 6.54 Å². The Balaban J connectivity index is 2.68. The predicted molar refractivity (Wildman–Crippen MR) is 54.0 cm³/mol. The summed E-state index contributed by atoms with van der Waals surface area (Å²) in [6.45, 7) is -0.353. The number of halogens is 1. The van der Waals surface area contributed by atoms with Crippen molar-refractivity contribution in [3.05, 3.63) is 24.4 Å². The lowest BCUT2D eigenvalue weighted by Crippen LogP contribution is -1.96. The minimum atomic E-state index is -0.506. The second kappa shape index (κ2) is 3.21. The fraction of sp³-hybridized carbons (Fsp3) is 0.200. The van der Waals surface area contributed by atoms with E-state index < -0.39 is 6.67 Å².